The highest BCUT2D eigenvalue weighted by molar-refractivity contribution is 7.85. The van der Waals surface area contributed by atoms with Crippen LogP contribution in [0.3, 0.4) is 0 Å². The highest BCUT2D eigenvalue weighted by Gasteiger charge is 2.37. The van der Waals surface area contributed by atoms with Crippen LogP contribution < -0.4 is 0 Å². The summed E-state index contributed by atoms with van der Waals surface area (Å²) >= 11 is 0. The SMILES string of the molecule is CC(c1ccccc1S(=O)C[C@](C)(O)C(C)(C)C)N(C)C. The third-order valence-electron chi connectivity index (χ3n) is 4.42. The number of hydrogen-bond acceptors (Lipinski definition) is 3. The minimum atomic E-state index is -1.22. The predicted octanol–water partition coefficient (Wildman–Crippen LogP) is 3.21. The molecule has 0 spiro atoms. The minimum Gasteiger partial charge on any atom is -0.389 e. The van der Waals surface area contributed by atoms with Crippen molar-refractivity contribution in [1.82, 2.24) is 4.90 Å². The van der Waals surface area contributed by atoms with E-state index >= 15 is 0 Å². The lowest BCUT2D eigenvalue weighted by Crippen LogP contribution is -2.44. The molecule has 0 fully saturated rings. The molecule has 1 aromatic carbocycles. The first-order valence-corrected chi connectivity index (χ1v) is 8.65. The average Bonchev–Trinajstić information content (AvgIpc) is 2.35. The maximum absolute atomic E-state index is 12.8. The van der Waals surface area contributed by atoms with Crippen LogP contribution in [0.15, 0.2) is 29.2 Å². The third-order valence-corrected chi connectivity index (χ3v) is 6.10. The Labute approximate surface area is 131 Å². The maximum atomic E-state index is 12.8. The molecule has 120 valence electrons. The van der Waals surface area contributed by atoms with Crippen LogP contribution in [0.1, 0.15) is 46.2 Å². The van der Waals surface area contributed by atoms with Crippen LogP contribution in [-0.4, -0.2) is 39.7 Å². The Morgan fingerprint density at radius 1 is 1.19 bits per heavy atom. The second-order valence-corrected chi connectivity index (χ2v) is 8.61. The van der Waals surface area contributed by atoms with Crippen LogP contribution >= 0.6 is 0 Å². The van der Waals surface area contributed by atoms with Crippen molar-refractivity contribution in [2.24, 2.45) is 5.41 Å². The van der Waals surface area contributed by atoms with Crippen molar-refractivity contribution in [3.8, 4) is 0 Å². The Hall–Kier alpha value is -0.710. The van der Waals surface area contributed by atoms with E-state index in [1.165, 1.54) is 0 Å². The molecular formula is C17H29NO2S. The zero-order chi connectivity index (χ0) is 16.4. The quantitative estimate of drug-likeness (QED) is 0.908. The molecule has 0 aromatic heterocycles. The molecule has 4 heteroatoms. The number of benzene rings is 1. The summed E-state index contributed by atoms with van der Waals surface area (Å²) in [6.45, 7) is 9.77. The predicted molar refractivity (Wildman–Crippen MR) is 89.9 cm³/mol. The molecule has 0 saturated carbocycles. The van der Waals surface area contributed by atoms with Crippen molar-refractivity contribution in [3.63, 3.8) is 0 Å². The second-order valence-electron chi connectivity index (χ2n) is 7.19. The molecule has 1 N–H and O–H groups in total. The lowest BCUT2D eigenvalue weighted by Gasteiger charge is -2.37. The van der Waals surface area contributed by atoms with Gasteiger partial charge in [0.1, 0.15) is 0 Å². The van der Waals surface area contributed by atoms with Crippen molar-refractivity contribution < 1.29 is 9.32 Å². The van der Waals surface area contributed by atoms with Gasteiger partial charge in [-0.1, -0.05) is 39.0 Å². The smallest absolute Gasteiger partial charge is 0.0786 e. The zero-order valence-electron chi connectivity index (χ0n) is 14.3. The van der Waals surface area contributed by atoms with Gasteiger partial charge in [0.05, 0.1) is 22.2 Å². The Kier molecular flexibility index (Phi) is 5.76. The first-order chi connectivity index (χ1) is 9.47. The molecule has 0 aliphatic rings. The molecule has 2 unspecified atom stereocenters. The largest absolute Gasteiger partial charge is 0.389 e. The normalized spacial score (nSPS) is 18.3. The van der Waals surface area contributed by atoms with Crippen molar-refractivity contribution in [2.75, 3.05) is 19.8 Å². The monoisotopic (exact) mass is 311 g/mol. The van der Waals surface area contributed by atoms with Gasteiger partial charge in [0, 0.05) is 10.9 Å². The Morgan fingerprint density at radius 2 is 1.71 bits per heavy atom. The zero-order valence-corrected chi connectivity index (χ0v) is 15.1. The first-order valence-electron chi connectivity index (χ1n) is 7.33. The maximum Gasteiger partial charge on any atom is 0.0786 e. The van der Waals surface area contributed by atoms with Crippen LogP contribution in [0.5, 0.6) is 0 Å². The van der Waals surface area contributed by atoms with E-state index in [1.54, 1.807) is 6.92 Å². The summed E-state index contributed by atoms with van der Waals surface area (Å²) in [7, 11) is 2.79. The van der Waals surface area contributed by atoms with E-state index in [4.69, 9.17) is 0 Å². The van der Waals surface area contributed by atoms with E-state index in [1.807, 2.05) is 59.1 Å². The fourth-order valence-corrected chi connectivity index (χ4v) is 3.69. The van der Waals surface area contributed by atoms with E-state index in [0.717, 1.165) is 10.5 Å². The van der Waals surface area contributed by atoms with Gasteiger partial charge in [-0.15, -0.1) is 0 Å². The molecule has 0 aliphatic carbocycles. The first kappa shape index (κ1) is 18.3. The van der Waals surface area contributed by atoms with Gasteiger partial charge in [0.15, 0.2) is 0 Å². The second kappa shape index (κ2) is 6.59. The fourth-order valence-electron chi connectivity index (χ4n) is 1.86. The summed E-state index contributed by atoms with van der Waals surface area (Å²) in [4.78, 5) is 2.92. The Morgan fingerprint density at radius 3 is 2.19 bits per heavy atom. The van der Waals surface area contributed by atoms with E-state index in [-0.39, 0.29) is 17.2 Å². The third kappa shape index (κ3) is 4.38. The number of hydrogen-bond donors (Lipinski definition) is 1. The van der Waals surface area contributed by atoms with Gasteiger partial charge in [0.2, 0.25) is 0 Å². The van der Waals surface area contributed by atoms with Crippen molar-refractivity contribution in [3.05, 3.63) is 29.8 Å². The molecule has 0 aliphatic heterocycles. The van der Waals surface area contributed by atoms with E-state index in [0.29, 0.717) is 0 Å². The van der Waals surface area contributed by atoms with Gasteiger partial charge in [0.25, 0.3) is 0 Å². The number of rotatable bonds is 5. The highest BCUT2D eigenvalue weighted by atomic mass is 32.2. The van der Waals surface area contributed by atoms with Gasteiger partial charge in [-0.25, -0.2) is 0 Å². The minimum absolute atomic E-state index is 0.185. The molecule has 1 aromatic rings. The molecule has 1 rings (SSSR count). The summed E-state index contributed by atoms with van der Waals surface area (Å²) in [5.41, 5.74) is -0.234. The van der Waals surface area contributed by atoms with E-state index in [2.05, 4.69) is 11.8 Å². The summed E-state index contributed by atoms with van der Waals surface area (Å²) < 4.78 is 12.8. The fraction of sp³-hybridized carbons (Fsp3) is 0.647. The van der Waals surface area contributed by atoms with Crippen LogP contribution in [0.2, 0.25) is 0 Å². The van der Waals surface area contributed by atoms with E-state index < -0.39 is 16.4 Å². The van der Waals surface area contributed by atoms with Gasteiger partial charge in [-0.2, -0.15) is 0 Å². The van der Waals surface area contributed by atoms with Gasteiger partial charge in [-0.3, -0.25) is 4.21 Å². The summed E-state index contributed by atoms with van der Waals surface area (Å²) in [6.07, 6.45) is 0. The van der Waals surface area contributed by atoms with Crippen LogP contribution in [0.25, 0.3) is 0 Å². The molecule has 3 nitrogen and oxygen atoms in total. The van der Waals surface area contributed by atoms with Gasteiger partial charge in [-0.05, 0) is 45.0 Å². The van der Waals surface area contributed by atoms with Crippen molar-refractivity contribution in [1.29, 1.82) is 0 Å². The van der Waals surface area contributed by atoms with Crippen molar-refractivity contribution in [2.45, 2.75) is 51.2 Å². The number of aliphatic hydroxyl groups is 1. The molecule has 0 radical (unpaired) electrons. The summed E-state index contributed by atoms with van der Waals surface area (Å²) in [6, 6.07) is 7.99. The molecule has 21 heavy (non-hydrogen) atoms. The average molecular weight is 311 g/mol. The number of nitrogens with zero attached hydrogens (tertiary/aromatic N) is 1. The van der Waals surface area contributed by atoms with Gasteiger partial charge >= 0.3 is 0 Å². The Balaban J connectivity index is 3.10. The molecule has 0 bridgehead atoms. The van der Waals surface area contributed by atoms with E-state index in [9.17, 15) is 9.32 Å². The molecular weight excluding hydrogens is 282 g/mol. The van der Waals surface area contributed by atoms with Crippen molar-refractivity contribution >= 4 is 10.8 Å². The molecule has 0 saturated heterocycles. The lowest BCUT2D eigenvalue weighted by molar-refractivity contribution is -0.0200. The van der Waals surface area contributed by atoms with Gasteiger partial charge < -0.3 is 10.0 Å². The topological polar surface area (TPSA) is 40.5 Å². The Bertz CT molecular complexity index is 504. The van der Waals surface area contributed by atoms with Crippen LogP contribution in [-0.2, 0) is 10.8 Å². The summed E-state index contributed by atoms with van der Waals surface area (Å²) in [5.74, 6) is 0.244. The molecule has 0 heterocycles. The van der Waals surface area contributed by atoms with Crippen LogP contribution in [0, 0.1) is 5.41 Å². The highest BCUT2D eigenvalue weighted by Crippen LogP contribution is 2.33. The molecule has 0 amide bonds. The molecule has 3 atom stereocenters. The summed E-state index contributed by atoms with van der Waals surface area (Å²) in [5, 5.41) is 10.6. The lowest BCUT2D eigenvalue weighted by atomic mass is 9.79. The van der Waals surface area contributed by atoms with Crippen LogP contribution in [0.4, 0.5) is 0 Å². The standard InChI is InChI=1S/C17H29NO2S/c1-13(18(6)7)14-10-8-9-11-15(14)21(20)12-17(5,19)16(2,3)4/h8-11,13,19H,12H2,1-7H3/t13?,17-,21?/m0/s1.